The summed E-state index contributed by atoms with van der Waals surface area (Å²) in [5, 5.41) is 22.8. The number of aromatic amines is 1. The highest BCUT2D eigenvalue weighted by Gasteiger charge is 2.61. The Labute approximate surface area is 187 Å². The molecule has 3 atom stereocenters. The van der Waals surface area contributed by atoms with Crippen LogP contribution >= 0.6 is 0 Å². The summed E-state index contributed by atoms with van der Waals surface area (Å²) >= 11 is 0. The van der Waals surface area contributed by atoms with Crippen molar-refractivity contribution in [3.63, 3.8) is 0 Å². The number of aryl methyl sites for hydroxylation is 1. The van der Waals surface area contributed by atoms with E-state index in [-0.39, 0.29) is 17.4 Å². The number of hydrogen-bond donors (Lipinski definition) is 4. The van der Waals surface area contributed by atoms with Gasteiger partial charge in [0.05, 0.1) is 5.60 Å². The number of nitrogens with two attached hydrogens (primary N) is 1. The predicted octanol–water partition coefficient (Wildman–Crippen LogP) is 1.76. The van der Waals surface area contributed by atoms with Crippen LogP contribution in [-0.4, -0.2) is 50.7 Å². The van der Waals surface area contributed by atoms with Crippen molar-refractivity contribution in [2.45, 2.75) is 63.0 Å². The topological polar surface area (TPSA) is 120 Å². The first kappa shape index (κ1) is 21.2. The van der Waals surface area contributed by atoms with Crippen molar-refractivity contribution in [2.24, 2.45) is 11.7 Å². The lowest BCUT2D eigenvalue weighted by Gasteiger charge is -2.60. The lowest BCUT2D eigenvalue weighted by atomic mass is 9.53. The molecule has 32 heavy (non-hydrogen) atoms. The number of fused-ring (bicyclic) bond motifs is 2. The summed E-state index contributed by atoms with van der Waals surface area (Å²) in [6.45, 7) is 5.90. The molecule has 5 N–H and O–H groups in total. The van der Waals surface area contributed by atoms with Gasteiger partial charge in [-0.2, -0.15) is 0 Å². The number of aliphatic hydroxyl groups is 1. The van der Waals surface area contributed by atoms with Crippen LogP contribution in [-0.2, 0) is 18.3 Å². The van der Waals surface area contributed by atoms with Crippen LogP contribution < -0.4 is 11.3 Å². The first-order valence-electron chi connectivity index (χ1n) is 11.5. The number of nitrogens with zero attached hydrogens (tertiary/aromatic N) is 1. The molecule has 1 amide bonds. The van der Waals surface area contributed by atoms with E-state index in [1.807, 2.05) is 13.0 Å². The smallest absolute Gasteiger partial charge is 0.261 e. The zero-order chi connectivity index (χ0) is 22.8. The van der Waals surface area contributed by atoms with E-state index in [4.69, 9.17) is 5.73 Å². The molecule has 0 bridgehead atoms. The molecule has 3 unspecified atom stereocenters. The minimum absolute atomic E-state index is 0.0771. The molecule has 3 aliphatic rings. The standard InChI is InChI=1S/C25H31N3O4/c1-14-3-6-18(29)10-20(14)24-7-8-28(13-16-4-5-16)15(2)25(24,32)11-17-9-19(22(26)30)23(31)27-21(17)12-24/h3,6,9-10,15-16,29,32H,4-5,7-8,11-13H2,1-2H3,(H2,26,30)(H,27,31). The second-order valence-corrected chi connectivity index (χ2v) is 10.1. The summed E-state index contributed by atoms with van der Waals surface area (Å²) in [6, 6.07) is 6.74. The van der Waals surface area contributed by atoms with Crippen LogP contribution in [0.25, 0.3) is 0 Å². The van der Waals surface area contributed by atoms with Crippen molar-refractivity contribution in [2.75, 3.05) is 13.1 Å². The van der Waals surface area contributed by atoms with E-state index in [0.717, 1.165) is 35.5 Å². The zero-order valence-corrected chi connectivity index (χ0v) is 18.6. The number of amides is 1. The van der Waals surface area contributed by atoms with Gasteiger partial charge in [0.1, 0.15) is 11.3 Å². The Morgan fingerprint density at radius 1 is 1.28 bits per heavy atom. The highest BCUT2D eigenvalue weighted by atomic mass is 16.3. The van der Waals surface area contributed by atoms with Crippen molar-refractivity contribution in [1.82, 2.24) is 9.88 Å². The van der Waals surface area contributed by atoms with E-state index in [1.165, 1.54) is 12.8 Å². The second kappa shape index (κ2) is 7.18. The number of rotatable bonds is 4. The number of piperidine rings is 1. The summed E-state index contributed by atoms with van der Waals surface area (Å²) < 4.78 is 0. The van der Waals surface area contributed by atoms with Gasteiger partial charge in [0, 0.05) is 36.5 Å². The van der Waals surface area contributed by atoms with Crippen LogP contribution in [0, 0.1) is 12.8 Å². The zero-order valence-electron chi connectivity index (χ0n) is 18.6. The average molecular weight is 438 g/mol. The van der Waals surface area contributed by atoms with Gasteiger partial charge in [0.25, 0.3) is 11.5 Å². The quantitative estimate of drug-likeness (QED) is 0.581. The van der Waals surface area contributed by atoms with Crippen LogP contribution in [0.4, 0.5) is 0 Å². The third-order valence-electron chi connectivity index (χ3n) is 8.24. The van der Waals surface area contributed by atoms with E-state index < -0.39 is 22.5 Å². The third kappa shape index (κ3) is 3.10. The molecule has 170 valence electrons. The highest BCUT2D eigenvalue weighted by molar-refractivity contribution is 5.92. The third-order valence-corrected chi connectivity index (χ3v) is 8.24. The number of hydrogen-bond acceptors (Lipinski definition) is 5. The van der Waals surface area contributed by atoms with Crippen molar-refractivity contribution >= 4 is 5.91 Å². The highest BCUT2D eigenvalue weighted by Crippen LogP contribution is 2.54. The Kier molecular flexibility index (Phi) is 4.76. The fourth-order valence-electron chi connectivity index (χ4n) is 6.18. The molecule has 7 nitrogen and oxygen atoms in total. The molecular formula is C25H31N3O4. The molecule has 1 aromatic carbocycles. The number of pyridine rings is 1. The summed E-state index contributed by atoms with van der Waals surface area (Å²) in [5.41, 5.74) is 6.45. The maximum atomic E-state index is 12.5. The summed E-state index contributed by atoms with van der Waals surface area (Å²) in [5.74, 6) is 0.0947. The van der Waals surface area contributed by atoms with Crippen molar-refractivity contribution in [3.05, 3.63) is 62.6 Å². The van der Waals surface area contributed by atoms with Crippen LogP contribution in [0.2, 0.25) is 0 Å². The maximum Gasteiger partial charge on any atom is 0.261 e. The Bertz CT molecular complexity index is 1150. The van der Waals surface area contributed by atoms with Crippen molar-refractivity contribution in [1.29, 1.82) is 0 Å². The second-order valence-electron chi connectivity index (χ2n) is 10.1. The van der Waals surface area contributed by atoms with Gasteiger partial charge in [-0.05, 0) is 80.5 Å². The molecule has 7 heteroatoms. The lowest BCUT2D eigenvalue weighted by Crippen LogP contribution is -2.71. The SMILES string of the molecule is Cc1ccc(O)cc1C12CCN(CC3CC3)C(C)C1(O)Cc1cc(C(N)=O)c(=O)[nH]c1C2. The number of likely N-dealkylation sites (tertiary alicyclic amines) is 1. The van der Waals surface area contributed by atoms with Gasteiger partial charge in [-0.15, -0.1) is 0 Å². The van der Waals surface area contributed by atoms with E-state index in [2.05, 4.69) is 16.8 Å². The lowest BCUT2D eigenvalue weighted by molar-refractivity contribution is -0.139. The van der Waals surface area contributed by atoms with Gasteiger partial charge in [-0.3, -0.25) is 14.5 Å². The van der Waals surface area contributed by atoms with Gasteiger partial charge >= 0.3 is 0 Å². The fourth-order valence-corrected chi connectivity index (χ4v) is 6.18. The van der Waals surface area contributed by atoms with Gasteiger partial charge < -0.3 is 20.9 Å². The summed E-state index contributed by atoms with van der Waals surface area (Å²) in [4.78, 5) is 29.6. The van der Waals surface area contributed by atoms with Gasteiger partial charge in [-0.25, -0.2) is 0 Å². The van der Waals surface area contributed by atoms with Crippen LogP contribution in [0.1, 0.15) is 58.9 Å². The number of benzene rings is 1. The van der Waals surface area contributed by atoms with E-state index in [0.29, 0.717) is 25.2 Å². The monoisotopic (exact) mass is 437 g/mol. The molecule has 1 saturated heterocycles. The van der Waals surface area contributed by atoms with Crippen molar-refractivity contribution < 1.29 is 15.0 Å². The molecule has 2 aromatic rings. The normalized spacial score (nSPS) is 29.9. The van der Waals surface area contributed by atoms with Crippen molar-refractivity contribution in [3.8, 4) is 5.75 Å². The summed E-state index contributed by atoms with van der Waals surface area (Å²) in [7, 11) is 0. The largest absolute Gasteiger partial charge is 0.508 e. The van der Waals surface area contributed by atoms with Gasteiger partial charge in [-0.1, -0.05) is 6.07 Å². The Balaban J connectivity index is 1.69. The van der Waals surface area contributed by atoms with E-state index in [9.17, 15) is 19.8 Å². The fraction of sp³-hybridized carbons (Fsp3) is 0.520. The van der Waals surface area contributed by atoms with E-state index >= 15 is 0 Å². The molecule has 1 aliphatic heterocycles. The van der Waals surface area contributed by atoms with Crippen LogP contribution in [0.15, 0.2) is 29.1 Å². The number of phenolic OH excluding ortho intramolecular Hbond substituents is 1. The van der Waals surface area contributed by atoms with Crippen LogP contribution in [0.3, 0.4) is 0 Å². The molecule has 2 aliphatic carbocycles. The average Bonchev–Trinajstić information content (AvgIpc) is 3.55. The number of phenols is 1. The maximum absolute atomic E-state index is 12.5. The number of primary amides is 1. The Morgan fingerprint density at radius 2 is 2.03 bits per heavy atom. The first-order chi connectivity index (χ1) is 15.1. The molecule has 2 heterocycles. The molecule has 1 saturated carbocycles. The molecular weight excluding hydrogens is 406 g/mol. The van der Waals surface area contributed by atoms with Gasteiger partial charge in [0.2, 0.25) is 0 Å². The Hall–Kier alpha value is -2.64. The number of carbonyl (C=O) groups excluding carboxylic acids is 1. The minimum Gasteiger partial charge on any atom is -0.508 e. The molecule has 5 rings (SSSR count). The number of nitrogens with one attached hydrogen (secondary N) is 1. The Morgan fingerprint density at radius 3 is 2.72 bits per heavy atom. The van der Waals surface area contributed by atoms with Gasteiger partial charge in [0.15, 0.2) is 0 Å². The number of H-pyrrole nitrogens is 1. The molecule has 0 spiro atoms. The number of aromatic nitrogens is 1. The molecule has 1 aromatic heterocycles. The minimum atomic E-state index is -1.14. The van der Waals surface area contributed by atoms with Crippen LogP contribution in [0.5, 0.6) is 5.75 Å². The number of carbonyl (C=O) groups is 1. The summed E-state index contributed by atoms with van der Waals surface area (Å²) in [6.07, 6.45) is 3.93. The van der Waals surface area contributed by atoms with E-state index in [1.54, 1.807) is 18.2 Å². The first-order valence-corrected chi connectivity index (χ1v) is 11.5. The predicted molar refractivity (Wildman–Crippen MR) is 121 cm³/mol. The molecule has 0 radical (unpaired) electrons. The number of aromatic hydroxyl groups is 1. The molecule has 2 fully saturated rings.